The topological polar surface area (TPSA) is 58.2 Å². The molecule has 2 amide bonds. The summed E-state index contributed by atoms with van der Waals surface area (Å²) in [7, 11) is 0. The fraction of sp³-hybridized carbons (Fsp3) is 0.364. The van der Waals surface area contributed by atoms with Crippen LogP contribution in [0.2, 0.25) is 0 Å². The predicted molar refractivity (Wildman–Crippen MR) is 106 cm³/mol. The van der Waals surface area contributed by atoms with Crippen LogP contribution in [0.1, 0.15) is 62.3 Å². The van der Waals surface area contributed by atoms with Gasteiger partial charge in [0.2, 0.25) is 0 Å². The molecule has 0 radical (unpaired) electrons. The van der Waals surface area contributed by atoms with E-state index in [1.54, 1.807) is 12.1 Å². The molecule has 0 aliphatic carbocycles. The van der Waals surface area contributed by atoms with Crippen molar-refractivity contribution in [2.75, 3.05) is 0 Å². The maximum Gasteiger partial charge on any atom is 0.252 e. The predicted octanol–water partition coefficient (Wildman–Crippen LogP) is 4.41. The van der Waals surface area contributed by atoms with Crippen LogP contribution in [0.4, 0.5) is 0 Å². The Balaban J connectivity index is 2.51. The van der Waals surface area contributed by atoms with Crippen LogP contribution < -0.4 is 10.6 Å². The number of rotatable bonds is 3. The standard InChI is InChI=1S/C22H28N2O2/c1-21(2,3)23-19(25)17-13-9-7-11-15(17)16-12-8-10-14-18(16)20(26)24-22(4,5)6/h7-14H,1-6H3,(H,23,25)(H,24,26). The summed E-state index contributed by atoms with van der Waals surface area (Å²) in [5, 5.41) is 5.99. The monoisotopic (exact) mass is 352 g/mol. The summed E-state index contributed by atoms with van der Waals surface area (Å²) in [6.45, 7) is 11.7. The summed E-state index contributed by atoms with van der Waals surface area (Å²) in [5.41, 5.74) is 1.92. The molecule has 138 valence electrons. The average Bonchev–Trinajstić information content (AvgIpc) is 2.51. The van der Waals surface area contributed by atoms with E-state index in [-0.39, 0.29) is 22.9 Å². The van der Waals surface area contributed by atoms with Crippen molar-refractivity contribution in [1.29, 1.82) is 0 Å². The quantitative estimate of drug-likeness (QED) is 0.859. The molecule has 2 aromatic rings. The molecule has 0 heterocycles. The molecule has 0 atom stereocenters. The van der Waals surface area contributed by atoms with E-state index in [2.05, 4.69) is 10.6 Å². The molecule has 0 unspecified atom stereocenters. The lowest BCUT2D eigenvalue weighted by Crippen LogP contribution is -2.41. The van der Waals surface area contributed by atoms with Crippen molar-refractivity contribution in [3.05, 3.63) is 59.7 Å². The SMILES string of the molecule is CC(C)(C)NC(=O)c1ccccc1-c1ccccc1C(=O)NC(C)(C)C. The lowest BCUT2D eigenvalue weighted by molar-refractivity contribution is 0.0908. The fourth-order valence-corrected chi connectivity index (χ4v) is 2.65. The molecule has 0 aliphatic heterocycles. The lowest BCUT2D eigenvalue weighted by Gasteiger charge is -2.23. The van der Waals surface area contributed by atoms with Crippen molar-refractivity contribution < 1.29 is 9.59 Å². The molecule has 0 saturated carbocycles. The van der Waals surface area contributed by atoms with Gasteiger partial charge in [0.1, 0.15) is 0 Å². The van der Waals surface area contributed by atoms with Gasteiger partial charge in [-0.2, -0.15) is 0 Å². The number of hydrogen-bond donors (Lipinski definition) is 2. The molecule has 0 aromatic heterocycles. The minimum absolute atomic E-state index is 0.154. The van der Waals surface area contributed by atoms with Crippen molar-refractivity contribution in [2.45, 2.75) is 52.6 Å². The first-order valence-electron chi connectivity index (χ1n) is 8.81. The molecular formula is C22H28N2O2. The van der Waals surface area contributed by atoms with Crippen LogP contribution in [0.3, 0.4) is 0 Å². The number of carbonyl (C=O) groups is 2. The average molecular weight is 352 g/mol. The number of benzene rings is 2. The van der Waals surface area contributed by atoms with Crippen LogP contribution in [-0.2, 0) is 0 Å². The molecule has 2 rings (SSSR count). The zero-order valence-corrected chi connectivity index (χ0v) is 16.4. The first kappa shape index (κ1) is 19.7. The normalized spacial score (nSPS) is 11.8. The molecule has 2 aromatic carbocycles. The van der Waals surface area contributed by atoms with Gasteiger partial charge < -0.3 is 10.6 Å². The first-order valence-corrected chi connectivity index (χ1v) is 8.81. The second kappa shape index (κ2) is 7.32. The van der Waals surface area contributed by atoms with E-state index in [9.17, 15) is 9.59 Å². The largest absolute Gasteiger partial charge is 0.347 e. The fourth-order valence-electron chi connectivity index (χ4n) is 2.65. The Morgan fingerprint density at radius 2 is 0.923 bits per heavy atom. The Kier molecular flexibility index (Phi) is 5.55. The summed E-state index contributed by atoms with van der Waals surface area (Å²) >= 11 is 0. The van der Waals surface area contributed by atoms with Gasteiger partial charge in [-0.15, -0.1) is 0 Å². The summed E-state index contributed by atoms with van der Waals surface area (Å²) in [4.78, 5) is 25.5. The van der Waals surface area contributed by atoms with Gasteiger partial charge in [0, 0.05) is 22.2 Å². The summed E-state index contributed by atoms with van der Waals surface area (Å²) in [6, 6.07) is 14.7. The Bertz CT molecular complexity index is 742. The van der Waals surface area contributed by atoms with E-state index in [0.717, 1.165) is 11.1 Å². The number of carbonyl (C=O) groups excluding carboxylic acids is 2. The molecule has 4 heteroatoms. The second-order valence-electron chi connectivity index (χ2n) is 8.50. The molecular weight excluding hydrogens is 324 g/mol. The lowest BCUT2D eigenvalue weighted by atomic mass is 9.93. The molecule has 0 bridgehead atoms. The van der Waals surface area contributed by atoms with Crippen LogP contribution in [0.15, 0.2) is 48.5 Å². The molecule has 2 N–H and O–H groups in total. The minimum Gasteiger partial charge on any atom is -0.347 e. The maximum absolute atomic E-state index is 12.8. The van der Waals surface area contributed by atoms with Crippen molar-refractivity contribution >= 4 is 11.8 Å². The molecule has 0 aliphatic rings. The third kappa shape index (κ3) is 5.19. The summed E-state index contributed by atoms with van der Waals surface area (Å²) in [6.07, 6.45) is 0. The molecule has 0 spiro atoms. The highest BCUT2D eigenvalue weighted by Crippen LogP contribution is 2.28. The third-order valence-corrected chi connectivity index (χ3v) is 3.61. The van der Waals surface area contributed by atoms with E-state index in [0.29, 0.717) is 11.1 Å². The van der Waals surface area contributed by atoms with Crippen LogP contribution >= 0.6 is 0 Å². The van der Waals surface area contributed by atoms with Crippen molar-refractivity contribution in [3.8, 4) is 11.1 Å². The highest BCUT2D eigenvalue weighted by Gasteiger charge is 2.22. The highest BCUT2D eigenvalue weighted by molar-refractivity contribution is 6.06. The van der Waals surface area contributed by atoms with Gasteiger partial charge in [0.25, 0.3) is 11.8 Å². The Labute approximate surface area is 156 Å². The first-order chi connectivity index (χ1) is 12.0. The smallest absolute Gasteiger partial charge is 0.252 e. The molecule has 0 saturated heterocycles. The maximum atomic E-state index is 12.8. The van der Waals surface area contributed by atoms with Gasteiger partial charge in [0.05, 0.1) is 0 Å². The number of amides is 2. The van der Waals surface area contributed by atoms with Gasteiger partial charge >= 0.3 is 0 Å². The zero-order valence-electron chi connectivity index (χ0n) is 16.4. The zero-order chi connectivity index (χ0) is 19.5. The van der Waals surface area contributed by atoms with Crippen molar-refractivity contribution in [1.82, 2.24) is 10.6 Å². The Morgan fingerprint density at radius 3 is 1.23 bits per heavy atom. The molecule has 4 nitrogen and oxygen atoms in total. The Hall–Kier alpha value is -2.62. The van der Waals surface area contributed by atoms with Gasteiger partial charge in [0.15, 0.2) is 0 Å². The van der Waals surface area contributed by atoms with Gasteiger partial charge in [-0.1, -0.05) is 36.4 Å². The third-order valence-electron chi connectivity index (χ3n) is 3.61. The molecule has 0 fully saturated rings. The summed E-state index contributed by atoms with van der Waals surface area (Å²) < 4.78 is 0. The Morgan fingerprint density at radius 1 is 0.615 bits per heavy atom. The number of hydrogen-bond acceptors (Lipinski definition) is 2. The van der Waals surface area contributed by atoms with E-state index in [1.807, 2.05) is 77.9 Å². The van der Waals surface area contributed by atoms with Gasteiger partial charge in [-0.3, -0.25) is 9.59 Å². The van der Waals surface area contributed by atoms with Crippen molar-refractivity contribution in [2.24, 2.45) is 0 Å². The van der Waals surface area contributed by atoms with E-state index in [4.69, 9.17) is 0 Å². The van der Waals surface area contributed by atoms with E-state index in [1.165, 1.54) is 0 Å². The summed E-state index contributed by atoms with van der Waals surface area (Å²) in [5.74, 6) is -0.307. The van der Waals surface area contributed by atoms with Crippen molar-refractivity contribution in [3.63, 3.8) is 0 Å². The van der Waals surface area contributed by atoms with Crippen LogP contribution in [0.25, 0.3) is 11.1 Å². The highest BCUT2D eigenvalue weighted by atomic mass is 16.2. The van der Waals surface area contributed by atoms with Crippen LogP contribution in [0.5, 0.6) is 0 Å². The van der Waals surface area contributed by atoms with E-state index < -0.39 is 0 Å². The van der Waals surface area contributed by atoms with Gasteiger partial charge in [-0.05, 0) is 64.8 Å². The van der Waals surface area contributed by atoms with E-state index >= 15 is 0 Å². The van der Waals surface area contributed by atoms with Gasteiger partial charge in [-0.25, -0.2) is 0 Å². The second-order valence-corrected chi connectivity index (χ2v) is 8.50. The minimum atomic E-state index is -0.340. The van der Waals surface area contributed by atoms with Crippen LogP contribution in [-0.4, -0.2) is 22.9 Å². The van der Waals surface area contributed by atoms with Crippen LogP contribution in [0, 0.1) is 0 Å². The molecule has 26 heavy (non-hydrogen) atoms. The number of nitrogens with one attached hydrogen (secondary N) is 2.